The van der Waals surface area contributed by atoms with Gasteiger partial charge in [-0.05, 0) is 19.4 Å². The number of hydrogen-bond acceptors (Lipinski definition) is 4. The summed E-state index contributed by atoms with van der Waals surface area (Å²) in [4.78, 5) is 28.4. The van der Waals surface area contributed by atoms with E-state index in [1.165, 1.54) is 16.2 Å². The Morgan fingerprint density at radius 3 is 2.72 bits per heavy atom. The smallest absolute Gasteiger partial charge is 0.255 e. The van der Waals surface area contributed by atoms with Crippen molar-refractivity contribution in [1.82, 2.24) is 24.1 Å². The van der Waals surface area contributed by atoms with Crippen LogP contribution in [-0.2, 0) is 20.1 Å². The molecule has 0 bridgehead atoms. The van der Waals surface area contributed by atoms with Gasteiger partial charge in [-0.25, -0.2) is 0 Å². The van der Waals surface area contributed by atoms with Gasteiger partial charge >= 0.3 is 0 Å². The Morgan fingerprint density at radius 2 is 2.00 bits per heavy atom. The summed E-state index contributed by atoms with van der Waals surface area (Å²) in [6.45, 7) is 7.06. The predicted molar refractivity (Wildman–Crippen MR) is 95.4 cm³/mol. The summed E-state index contributed by atoms with van der Waals surface area (Å²) in [5.41, 5.74) is 1.67. The number of aryl methyl sites for hydroxylation is 2. The van der Waals surface area contributed by atoms with Crippen molar-refractivity contribution < 1.29 is 4.79 Å². The SMILES string of the molecule is CCn1cc(CN2CCCN(C(=O)c3ccc(=O)n(C)c3)CC2)cn1. The number of carbonyl (C=O) groups is 1. The molecule has 2 aromatic heterocycles. The molecule has 1 saturated heterocycles. The fraction of sp³-hybridized carbons (Fsp3) is 0.500. The Bertz CT molecular complexity index is 795. The minimum atomic E-state index is -0.105. The monoisotopic (exact) mass is 343 g/mol. The standard InChI is InChI=1S/C18H25N5O2/c1-3-23-13-15(11-19-23)12-21-7-4-8-22(10-9-21)18(25)16-5-6-17(24)20(2)14-16/h5-6,11,13-14H,3-4,7-10,12H2,1-2H3. The molecule has 0 unspecified atom stereocenters. The first-order valence-corrected chi connectivity index (χ1v) is 8.76. The van der Waals surface area contributed by atoms with E-state index in [1.54, 1.807) is 19.3 Å². The van der Waals surface area contributed by atoms with Crippen LogP contribution < -0.4 is 5.56 Å². The molecule has 0 radical (unpaired) electrons. The lowest BCUT2D eigenvalue weighted by molar-refractivity contribution is 0.0760. The first-order valence-electron chi connectivity index (χ1n) is 8.76. The van der Waals surface area contributed by atoms with Crippen LogP contribution >= 0.6 is 0 Å². The van der Waals surface area contributed by atoms with Gasteiger partial charge in [0.2, 0.25) is 5.56 Å². The van der Waals surface area contributed by atoms with Crippen molar-refractivity contribution in [3.05, 3.63) is 52.2 Å². The molecule has 2 aromatic rings. The molecule has 3 rings (SSSR count). The maximum atomic E-state index is 12.7. The summed E-state index contributed by atoms with van der Waals surface area (Å²) in [7, 11) is 1.67. The van der Waals surface area contributed by atoms with E-state index >= 15 is 0 Å². The van der Waals surface area contributed by atoms with Crippen molar-refractivity contribution >= 4 is 5.91 Å². The van der Waals surface area contributed by atoms with Gasteiger partial charge in [0.1, 0.15) is 0 Å². The average molecular weight is 343 g/mol. The molecule has 0 aliphatic carbocycles. The Labute approximate surface area is 147 Å². The Morgan fingerprint density at radius 1 is 1.16 bits per heavy atom. The highest BCUT2D eigenvalue weighted by Gasteiger charge is 2.21. The summed E-state index contributed by atoms with van der Waals surface area (Å²) in [5, 5.41) is 4.32. The molecule has 25 heavy (non-hydrogen) atoms. The quantitative estimate of drug-likeness (QED) is 0.829. The van der Waals surface area contributed by atoms with Crippen molar-refractivity contribution in [2.75, 3.05) is 26.2 Å². The van der Waals surface area contributed by atoms with Gasteiger partial charge in [-0.1, -0.05) is 0 Å². The number of amides is 1. The fourth-order valence-corrected chi connectivity index (χ4v) is 3.15. The van der Waals surface area contributed by atoms with Gasteiger partial charge in [0.25, 0.3) is 5.91 Å². The van der Waals surface area contributed by atoms with Crippen molar-refractivity contribution in [3.8, 4) is 0 Å². The molecule has 0 spiro atoms. The zero-order valence-electron chi connectivity index (χ0n) is 14.9. The molecule has 1 aliphatic rings. The Kier molecular flexibility index (Phi) is 5.33. The third-order valence-electron chi connectivity index (χ3n) is 4.63. The lowest BCUT2D eigenvalue weighted by Gasteiger charge is -2.22. The van der Waals surface area contributed by atoms with E-state index in [9.17, 15) is 9.59 Å². The zero-order valence-corrected chi connectivity index (χ0v) is 14.9. The molecule has 134 valence electrons. The van der Waals surface area contributed by atoms with Gasteiger partial charge in [0, 0.05) is 70.3 Å². The van der Waals surface area contributed by atoms with Gasteiger partial charge in [-0.3, -0.25) is 19.2 Å². The Hall–Kier alpha value is -2.41. The number of aromatic nitrogens is 3. The summed E-state index contributed by atoms with van der Waals surface area (Å²) < 4.78 is 3.38. The molecular weight excluding hydrogens is 318 g/mol. The minimum absolute atomic E-state index is 0.00347. The molecule has 1 aliphatic heterocycles. The molecule has 0 aromatic carbocycles. The van der Waals surface area contributed by atoms with Crippen LogP contribution in [0.2, 0.25) is 0 Å². The summed E-state index contributed by atoms with van der Waals surface area (Å²) >= 11 is 0. The first-order chi connectivity index (χ1) is 12.1. The lowest BCUT2D eigenvalue weighted by Crippen LogP contribution is -2.35. The highest BCUT2D eigenvalue weighted by molar-refractivity contribution is 5.93. The maximum Gasteiger partial charge on any atom is 0.255 e. The second kappa shape index (κ2) is 7.65. The highest BCUT2D eigenvalue weighted by Crippen LogP contribution is 2.11. The van der Waals surface area contributed by atoms with E-state index in [4.69, 9.17) is 0 Å². The van der Waals surface area contributed by atoms with Gasteiger partial charge < -0.3 is 9.47 Å². The van der Waals surface area contributed by atoms with E-state index in [1.807, 2.05) is 15.8 Å². The number of carbonyl (C=O) groups excluding carboxylic acids is 1. The number of rotatable bonds is 4. The van der Waals surface area contributed by atoms with Crippen LogP contribution in [0.1, 0.15) is 29.3 Å². The van der Waals surface area contributed by atoms with E-state index in [0.29, 0.717) is 12.1 Å². The number of hydrogen-bond donors (Lipinski definition) is 0. The third-order valence-corrected chi connectivity index (χ3v) is 4.63. The van der Waals surface area contributed by atoms with Gasteiger partial charge in [0.05, 0.1) is 11.8 Å². The average Bonchev–Trinajstić information content (AvgIpc) is 2.94. The number of nitrogens with zero attached hydrogens (tertiary/aromatic N) is 5. The van der Waals surface area contributed by atoms with E-state index in [2.05, 4.69) is 23.1 Å². The minimum Gasteiger partial charge on any atom is -0.337 e. The van der Waals surface area contributed by atoms with Crippen LogP contribution in [0.5, 0.6) is 0 Å². The second-order valence-electron chi connectivity index (χ2n) is 6.49. The third kappa shape index (κ3) is 4.17. The van der Waals surface area contributed by atoms with Crippen molar-refractivity contribution in [1.29, 1.82) is 0 Å². The molecule has 1 fully saturated rings. The largest absolute Gasteiger partial charge is 0.337 e. The molecule has 7 heteroatoms. The molecule has 7 nitrogen and oxygen atoms in total. The van der Waals surface area contributed by atoms with Crippen LogP contribution in [0, 0.1) is 0 Å². The molecule has 0 atom stereocenters. The van der Waals surface area contributed by atoms with E-state index in [0.717, 1.165) is 39.1 Å². The van der Waals surface area contributed by atoms with Crippen LogP contribution in [0.25, 0.3) is 0 Å². The van der Waals surface area contributed by atoms with Crippen molar-refractivity contribution in [2.45, 2.75) is 26.4 Å². The maximum absolute atomic E-state index is 12.7. The summed E-state index contributed by atoms with van der Waals surface area (Å²) in [5.74, 6) is -0.00347. The highest BCUT2D eigenvalue weighted by atomic mass is 16.2. The van der Waals surface area contributed by atoms with Crippen molar-refractivity contribution in [3.63, 3.8) is 0 Å². The van der Waals surface area contributed by atoms with Crippen molar-refractivity contribution in [2.24, 2.45) is 7.05 Å². The van der Waals surface area contributed by atoms with E-state index in [-0.39, 0.29) is 11.5 Å². The fourth-order valence-electron chi connectivity index (χ4n) is 3.15. The van der Waals surface area contributed by atoms with Gasteiger partial charge in [-0.2, -0.15) is 5.10 Å². The number of pyridine rings is 1. The van der Waals surface area contributed by atoms with Crippen LogP contribution in [0.3, 0.4) is 0 Å². The van der Waals surface area contributed by atoms with Crippen LogP contribution in [-0.4, -0.2) is 56.2 Å². The first kappa shape index (κ1) is 17.4. The predicted octanol–water partition coefficient (Wildman–Crippen LogP) is 0.950. The molecule has 0 N–H and O–H groups in total. The Balaban J connectivity index is 1.61. The van der Waals surface area contributed by atoms with Gasteiger partial charge in [-0.15, -0.1) is 0 Å². The van der Waals surface area contributed by atoms with Gasteiger partial charge in [0.15, 0.2) is 0 Å². The second-order valence-corrected chi connectivity index (χ2v) is 6.49. The van der Waals surface area contributed by atoms with E-state index < -0.39 is 0 Å². The topological polar surface area (TPSA) is 63.4 Å². The molecule has 1 amide bonds. The normalized spacial score (nSPS) is 16.0. The molecule has 0 saturated carbocycles. The van der Waals surface area contributed by atoms with Crippen LogP contribution in [0.4, 0.5) is 0 Å². The summed E-state index contributed by atoms with van der Waals surface area (Å²) in [6.07, 6.45) is 6.56. The zero-order chi connectivity index (χ0) is 17.8. The van der Waals surface area contributed by atoms with Crippen LogP contribution in [0.15, 0.2) is 35.5 Å². The lowest BCUT2D eigenvalue weighted by atomic mass is 10.2. The summed E-state index contributed by atoms with van der Waals surface area (Å²) in [6, 6.07) is 3.06. The molecule has 3 heterocycles. The molecular formula is C18H25N5O2.